The summed E-state index contributed by atoms with van der Waals surface area (Å²) in [7, 11) is 0. The van der Waals surface area contributed by atoms with Crippen molar-refractivity contribution < 1.29 is 93.2 Å². The third-order valence-corrected chi connectivity index (χ3v) is 6.90. The molecule has 1 aromatic heterocycles. The van der Waals surface area contributed by atoms with Crippen LogP contribution >= 0.6 is 0 Å². The van der Waals surface area contributed by atoms with Crippen LogP contribution in [0, 0.1) is 0 Å². The van der Waals surface area contributed by atoms with E-state index in [1.165, 1.54) is 0 Å². The highest BCUT2D eigenvalue weighted by Gasteiger charge is 2.82. The molecule has 0 fully saturated rings. The Balaban J connectivity index is 2.17. The van der Waals surface area contributed by atoms with E-state index in [2.05, 4.69) is 14.2 Å². The van der Waals surface area contributed by atoms with Gasteiger partial charge in [-0.15, -0.1) is 0 Å². The van der Waals surface area contributed by atoms with Crippen LogP contribution in [0.5, 0.6) is 17.2 Å². The minimum atomic E-state index is -7.47. The first-order chi connectivity index (χ1) is 24.6. The molecule has 0 aliphatic carbocycles. The molecule has 3 aromatic carbocycles. The number of alkyl halides is 18. The molecule has 0 N–H and O–H groups in total. The van der Waals surface area contributed by atoms with Crippen LogP contribution in [0.3, 0.4) is 0 Å². The van der Waals surface area contributed by atoms with Crippen molar-refractivity contribution in [2.45, 2.75) is 53.9 Å². The molecule has 6 nitrogen and oxygen atoms in total. The van der Waals surface area contributed by atoms with Crippen molar-refractivity contribution in [1.82, 2.24) is 15.0 Å². The predicted molar refractivity (Wildman–Crippen MR) is 142 cm³/mol. The summed E-state index contributed by atoms with van der Waals surface area (Å²) in [5.74, 6) is -16.4. The van der Waals surface area contributed by atoms with E-state index in [0.717, 1.165) is 54.6 Å². The summed E-state index contributed by atoms with van der Waals surface area (Å²) in [6.45, 7) is 0. The van der Waals surface area contributed by atoms with Gasteiger partial charge in [0.25, 0.3) is 0 Å². The van der Waals surface area contributed by atoms with E-state index in [4.69, 9.17) is 0 Å². The number of hydrogen-bond acceptors (Lipinski definition) is 6. The van der Waals surface area contributed by atoms with Crippen molar-refractivity contribution in [3.63, 3.8) is 0 Å². The van der Waals surface area contributed by atoms with Gasteiger partial charge in [0.1, 0.15) is 17.2 Å². The standard InChI is InChI=1S/C30H15F18N3O3/c31-22(25(34,35)36,28(43,44)52-16-10-4-1-5-11-16)19-49-20(23(32,26(37,38)39)29(45,46)53-17-12-6-2-7-13-17)51-21(50-19)24(33,27(40,41)42)30(47,48)54-18-14-8-3-9-15-18/h1-15H. The molecular formula is C30H15F18N3O3. The Labute approximate surface area is 288 Å². The van der Waals surface area contributed by atoms with Gasteiger partial charge in [0.2, 0.25) is 0 Å². The van der Waals surface area contributed by atoms with E-state index in [-0.39, 0.29) is 0 Å². The van der Waals surface area contributed by atoms with Gasteiger partial charge in [-0.1, -0.05) is 54.6 Å². The van der Waals surface area contributed by atoms with E-state index < -0.39 is 88.6 Å². The minimum Gasteiger partial charge on any atom is -0.430 e. The second-order valence-electron chi connectivity index (χ2n) is 10.6. The van der Waals surface area contributed by atoms with Crippen molar-refractivity contribution in [2.75, 3.05) is 0 Å². The lowest BCUT2D eigenvalue weighted by Crippen LogP contribution is -2.61. The number of rotatable bonds is 12. The zero-order valence-electron chi connectivity index (χ0n) is 25.5. The summed E-state index contributed by atoms with van der Waals surface area (Å²) in [6, 6.07) is 9.82. The zero-order chi connectivity index (χ0) is 40.8. The van der Waals surface area contributed by atoms with Crippen LogP contribution in [0.1, 0.15) is 17.5 Å². The molecule has 24 heteroatoms. The predicted octanol–water partition coefficient (Wildman–Crippen LogP) is 10.1. The number of nitrogens with zero attached hydrogens (tertiary/aromatic N) is 3. The molecule has 0 saturated heterocycles. The van der Waals surface area contributed by atoms with Crippen LogP contribution in [0.2, 0.25) is 0 Å². The fourth-order valence-electron chi connectivity index (χ4n) is 4.22. The van der Waals surface area contributed by atoms with Crippen LogP contribution in [-0.2, 0) is 17.0 Å². The van der Waals surface area contributed by atoms with Crippen molar-refractivity contribution in [3.05, 3.63) is 108 Å². The second-order valence-corrected chi connectivity index (χ2v) is 10.6. The van der Waals surface area contributed by atoms with Gasteiger partial charge in [0.15, 0.2) is 17.5 Å². The Bertz CT molecular complexity index is 1670. The van der Waals surface area contributed by atoms with E-state index in [9.17, 15) is 39.5 Å². The van der Waals surface area contributed by atoms with Gasteiger partial charge in [-0.3, -0.25) is 0 Å². The van der Waals surface area contributed by atoms with Gasteiger partial charge < -0.3 is 14.2 Å². The molecule has 0 aliphatic heterocycles. The van der Waals surface area contributed by atoms with E-state index in [1.807, 2.05) is 0 Å². The minimum absolute atomic E-state index is 0.379. The third kappa shape index (κ3) is 7.08. The highest BCUT2D eigenvalue weighted by atomic mass is 19.4. The SMILES string of the molecule is FC(F)(F)C(F)(c1nc(C(F)(C(F)(F)F)C(F)(F)Oc2ccccc2)nc(C(F)(C(F)(F)F)C(F)(F)Oc2ccccc2)n1)C(F)(F)Oc1ccccc1. The van der Waals surface area contributed by atoms with Crippen molar-refractivity contribution >= 4 is 0 Å². The summed E-state index contributed by atoms with van der Waals surface area (Å²) in [5, 5.41) is 0. The Morgan fingerprint density at radius 2 is 0.481 bits per heavy atom. The molecule has 1 heterocycles. The summed E-state index contributed by atoms with van der Waals surface area (Å²) in [6.07, 6.45) is -42.7. The molecule has 0 bridgehead atoms. The molecular weight excluding hydrogens is 792 g/mol. The Kier molecular flexibility index (Phi) is 10.5. The quantitative estimate of drug-likeness (QED) is 0.133. The average molecular weight is 807 g/mol. The molecule has 4 rings (SSSR count). The monoisotopic (exact) mass is 807 g/mol. The Hall–Kier alpha value is -5.19. The number of aromatic nitrogens is 3. The first kappa shape index (κ1) is 41.6. The molecule has 0 aliphatic rings. The summed E-state index contributed by atoms with van der Waals surface area (Å²) in [4.78, 5) is 5.21. The van der Waals surface area contributed by atoms with Crippen LogP contribution < -0.4 is 14.2 Å². The topological polar surface area (TPSA) is 66.4 Å². The molecule has 0 amide bonds. The van der Waals surface area contributed by atoms with Gasteiger partial charge in [-0.2, -0.15) is 65.9 Å². The van der Waals surface area contributed by atoms with Gasteiger partial charge in [-0.25, -0.2) is 28.1 Å². The van der Waals surface area contributed by atoms with Crippen molar-refractivity contribution in [1.29, 1.82) is 0 Å². The summed E-state index contributed by atoms with van der Waals surface area (Å²) < 4.78 is 280. The lowest BCUT2D eigenvalue weighted by Gasteiger charge is -2.37. The molecule has 0 saturated carbocycles. The van der Waals surface area contributed by atoms with Gasteiger partial charge in [0, 0.05) is 0 Å². The normalized spacial score (nSPS) is 16.8. The lowest BCUT2D eigenvalue weighted by atomic mass is 9.97. The number of hydrogen-bond donors (Lipinski definition) is 0. The first-order valence-corrected chi connectivity index (χ1v) is 14.0. The zero-order valence-corrected chi connectivity index (χ0v) is 25.5. The van der Waals surface area contributed by atoms with Crippen LogP contribution in [0.15, 0.2) is 91.0 Å². The van der Waals surface area contributed by atoms with Gasteiger partial charge >= 0.3 is 53.9 Å². The molecule has 294 valence electrons. The van der Waals surface area contributed by atoms with E-state index >= 15 is 39.5 Å². The second kappa shape index (κ2) is 13.6. The number of para-hydroxylation sites is 3. The fraction of sp³-hybridized carbons (Fsp3) is 0.300. The maximum absolute atomic E-state index is 16.1. The number of benzene rings is 3. The molecule has 3 unspecified atom stereocenters. The first-order valence-electron chi connectivity index (χ1n) is 14.0. The molecule has 0 radical (unpaired) electrons. The van der Waals surface area contributed by atoms with Crippen LogP contribution in [0.25, 0.3) is 0 Å². The highest BCUT2D eigenvalue weighted by molar-refractivity contribution is 5.28. The average Bonchev–Trinajstić information content (AvgIpc) is 3.06. The number of ether oxygens (including phenoxy) is 3. The smallest absolute Gasteiger partial charge is 0.430 e. The Morgan fingerprint density at radius 3 is 0.648 bits per heavy atom. The van der Waals surface area contributed by atoms with Gasteiger partial charge in [-0.05, 0) is 36.4 Å². The maximum Gasteiger partial charge on any atom is 0.450 e. The van der Waals surface area contributed by atoms with Gasteiger partial charge in [0.05, 0.1) is 0 Å². The molecule has 3 atom stereocenters. The fourth-order valence-corrected chi connectivity index (χ4v) is 4.22. The van der Waals surface area contributed by atoms with E-state index in [0.29, 0.717) is 36.4 Å². The van der Waals surface area contributed by atoms with Crippen molar-refractivity contribution in [3.8, 4) is 17.2 Å². The van der Waals surface area contributed by atoms with E-state index in [1.54, 1.807) is 15.0 Å². The maximum atomic E-state index is 16.1. The van der Waals surface area contributed by atoms with Crippen LogP contribution in [0.4, 0.5) is 79.0 Å². The largest absolute Gasteiger partial charge is 0.450 e. The Morgan fingerprint density at radius 1 is 0.296 bits per heavy atom. The lowest BCUT2D eigenvalue weighted by molar-refractivity contribution is -0.373. The van der Waals surface area contributed by atoms with Crippen LogP contribution in [-0.4, -0.2) is 51.8 Å². The molecule has 4 aromatic rings. The summed E-state index contributed by atoms with van der Waals surface area (Å²) in [5.41, 5.74) is -21.4. The van der Waals surface area contributed by atoms with Crippen molar-refractivity contribution in [2.24, 2.45) is 0 Å². The summed E-state index contributed by atoms with van der Waals surface area (Å²) >= 11 is 0. The molecule has 54 heavy (non-hydrogen) atoms. The molecule has 0 spiro atoms. The highest BCUT2D eigenvalue weighted by Crippen LogP contribution is 2.57. The third-order valence-electron chi connectivity index (χ3n) is 6.90. The number of halogens is 18.